The van der Waals surface area contributed by atoms with Crippen molar-refractivity contribution in [1.29, 1.82) is 0 Å². The highest BCUT2D eigenvalue weighted by Crippen LogP contribution is 2.30. The van der Waals surface area contributed by atoms with Gasteiger partial charge in [-0.05, 0) is 24.3 Å². The van der Waals surface area contributed by atoms with Gasteiger partial charge in [0.05, 0.1) is 24.7 Å². The molecule has 29 heavy (non-hydrogen) atoms. The molecule has 2 aromatic rings. The first kappa shape index (κ1) is 19.9. The van der Waals surface area contributed by atoms with E-state index >= 15 is 0 Å². The Labute approximate surface area is 170 Å². The van der Waals surface area contributed by atoms with Gasteiger partial charge in [-0.25, -0.2) is 8.42 Å². The minimum absolute atomic E-state index is 0.132. The number of sulfonamides is 1. The molecule has 8 heteroatoms. The van der Waals surface area contributed by atoms with Gasteiger partial charge in [0.2, 0.25) is 15.9 Å². The van der Waals surface area contributed by atoms with E-state index in [0.29, 0.717) is 38.5 Å². The van der Waals surface area contributed by atoms with Gasteiger partial charge < -0.3 is 14.4 Å². The molecule has 0 saturated carbocycles. The average molecular weight is 416 g/mol. The molecular weight excluding hydrogens is 392 g/mol. The maximum absolute atomic E-state index is 13.3. The van der Waals surface area contributed by atoms with Crippen molar-refractivity contribution < 1.29 is 22.7 Å². The molecule has 2 aliphatic heterocycles. The molecule has 2 saturated heterocycles. The molecule has 2 atom stereocenters. The second-order valence-corrected chi connectivity index (χ2v) is 9.02. The Morgan fingerprint density at radius 2 is 1.59 bits per heavy atom. The monoisotopic (exact) mass is 416 g/mol. The molecule has 0 spiro atoms. The topological polar surface area (TPSA) is 76.2 Å². The van der Waals surface area contributed by atoms with Crippen LogP contribution in [0.15, 0.2) is 65.6 Å². The number of para-hydroxylation sites is 1. The second kappa shape index (κ2) is 8.52. The third-order valence-corrected chi connectivity index (χ3v) is 7.11. The zero-order valence-corrected chi connectivity index (χ0v) is 16.8. The Bertz CT molecular complexity index is 930. The normalized spacial score (nSPS) is 23.1. The third kappa shape index (κ3) is 4.29. The summed E-state index contributed by atoms with van der Waals surface area (Å²) in [5, 5.41) is 0. The number of morpholine rings is 1. The summed E-state index contributed by atoms with van der Waals surface area (Å²) in [7, 11) is -3.82. The summed E-state index contributed by atoms with van der Waals surface area (Å²) in [6.45, 7) is 2.01. The number of hydrogen-bond acceptors (Lipinski definition) is 5. The van der Waals surface area contributed by atoms with Gasteiger partial charge in [0.15, 0.2) is 0 Å². The van der Waals surface area contributed by atoms with Crippen molar-refractivity contribution in [3.8, 4) is 5.75 Å². The number of rotatable bonds is 5. The summed E-state index contributed by atoms with van der Waals surface area (Å²) < 4.78 is 39.2. The molecule has 0 aromatic heterocycles. The molecule has 0 bridgehead atoms. The largest absolute Gasteiger partial charge is 0.489 e. The van der Waals surface area contributed by atoms with E-state index in [0.717, 1.165) is 0 Å². The lowest BCUT2D eigenvalue weighted by Gasteiger charge is -2.31. The number of hydrogen-bond donors (Lipinski definition) is 0. The summed E-state index contributed by atoms with van der Waals surface area (Å²) >= 11 is 0. The van der Waals surface area contributed by atoms with Gasteiger partial charge >= 0.3 is 0 Å². The van der Waals surface area contributed by atoms with Crippen LogP contribution in [0.5, 0.6) is 5.75 Å². The van der Waals surface area contributed by atoms with Crippen molar-refractivity contribution >= 4 is 15.9 Å². The quantitative estimate of drug-likeness (QED) is 0.742. The van der Waals surface area contributed by atoms with Crippen LogP contribution in [0.25, 0.3) is 0 Å². The van der Waals surface area contributed by atoms with Crippen LogP contribution in [0.1, 0.15) is 6.42 Å². The van der Waals surface area contributed by atoms with Gasteiger partial charge in [-0.3, -0.25) is 4.79 Å². The van der Waals surface area contributed by atoms with Crippen molar-refractivity contribution in [2.75, 3.05) is 32.8 Å². The number of amides is 1. The van der Waals surface area contributed by atoms with Crippen LogP contribution in [-0.4, -0.2) is 68.5 Å². The zero-order chi connectivity index (χ0) is 20.3. The van der Waals surface area contributed by atoms with E-state index in [9.17, 15) is 13.2 Å². The van der Waals surface area contributed by atoms with Crippen LogP contribution in [0.4, 0.5) is 0 Å². The minimum Gasteiger partial charge on any atom is -0.489 e. The summed E-state index contributed by atoms with van der Waals surface area (Å²) in [6.07, 6.45) is -0.0807. The SMILES string of the molecule is O=C([C@H]1C[C@H](Oc2ccccc2)CN1S(=O)(=O)c1ccccc1)N1CCOCC1. The standard InChI is InChI=1S/C21H24N2O5S/c24-21(22-11-13-27-14-12-22)20-15-18(28-17-7-3-1-4-8-17)16-23(20)29(25,26)19-9-5-2-6-10-19/h1-10,18,20H,11-16H2/t18-,20+/m0/s1. The first-order valence-corrected chi connectivity index (χ1v) is 11.1. The molecule has 0 radical (unpaired) electrons. The van der Waals surface area contributed by atoms with E-state index < -0.39 is 22.2 Å². The van der Waals surface area contributed by atoms with E-state index in [2.05, 4.69) is 0 Å². The maximum atomic E-state index is 13.3. The number of benzene rings is 2. The van der Waals surface area contributed by atoms with E-state index in [-0.39, 0.29) is 17.3 Å². The van der Waals surface area contributed by atoms with Crippen LogP contribution in [0, 0.1) is 0 Å². The van der Waals surface area contributed by atoms with Crippen molar-refractivity contribution in [3.05, 3.63) is 60.7 Å². The van der Waals surface area contributed by atoms with E-state index in [4.69, 9.17) is 9.47 Å². The molecule has 2 aliphatic rings. The van der Waals surface area contributed by atoms with Crippen LogP contribution in [0.2, 0.25) is 0 Å². The molecule has 2 fully saturated rings. The number of carbonyl (C=O) groups is 1. The van der Waals surface area contributed by atoms with E-state index in [1.165, 1.54) is 4.31 Å². The highest BCUT2D eigenvalue weighted by Gasteiger charge is 2.46. The maximum Gasteiger partial charge on any atom is 0.243 e. The van der Waals surface area contributed by atoms with E-state index in [1.54, 1.807) is 35.2 Å². The Morgan fingerprint density at radius 1 is 0.966 bits per heavy atom. The molecule has 0 unspecified atom stereocenters. The molecule has 0 aliphatic carbocycles. The highest BCUT2D eigenvalue weighted by molar-refractivity contribution is 7.89. The predicted molar refractivity (Wildman–Crippen MR) is 107 cm³/mol. The minimum atomic E-state index is -3.82. The van der Waals surface area contributed by atoms with Crippen LogP contribution >= 0.6 is 0 Å². The summed E-state index contributed by atoms with van der Waals surface area (Å²) in [5.74, 6) is 0.473. The van der Waals surface area contributed by atoms with Crippen molar-refractivity contribution in [2.24, 2.45) is 0 Å². The first-order valence-electron chi connectivity index (χ1n) is 9.71. The Balaban J connectivity index is 1.61. The smallest absolute Gasteiger partial charge is 0.243 e. The van der Waals surface area contributed by atoms with Crippen LogP contribution < -0.4 is 4.74 Å². The molecule has 0 N–H and O–H groups in total. The molecule has 2 heterocycles. The molecule has 4 rings (SSSR count). The van der Waals surface area contributed by atoms with Crippen LogP contribution in [0.3, 0.4) is 0 Å². The van der Waals surface area contributed by atoms with Crippen molar-refractivity contribution in [1.82, 2.24) is 9.21 Å². The fourth-order valence-electron chi connectivity index (χ4n) is 3.76. The van der Waals surface area contributed by atoms with Crippen molar-refractivity contribution in [2.45, 2.75) is 23.5 Å². The number of ether oxygens (including phenoxy) is 2. The lowest BCUT2D eigenvalue weighted by atomic mass is 10.1. The lowest BCUT2D eigenvalue weighted by Crippen LogP contribution is -2.50. The fraction of sp³-hybridized carbons (Fsp3) is 0.381. The van der Waals surface area contributed by atoms with Crippen LogP contribution in [-0.2, 0) is 19.6 Å². The van der Waals surface area contributed by atoms with Gasteiger partial charge in [-0.1, -0.05) is 36.4 Å². The fourth-order valence-corrected chi connectivity index (χ4v) is 5.40. The summed E-state index contributed by atoms with van der Waals surface area (Å²) in [5.41, 5.74) is 0. The Morgan fingerprint density at radius 3 is 2.24 bits per heavy atom. The molecule has 2 aromatic carbocycles. The van der Waals surface area contributed by atoms with E-state index in [1.807, 2.05) is 30.3 Å². The third-order valence-electron chi connectivity index (χ3n) is 5.22. The predicted octanol–water partition coefficient (Wildman–Crippen LogP) is 1.76. The Kier molecular flexibility index (Phi) is 5.84. The van der Waals surface area contributed by atoms with Gasteiger partial charge in [-0.15, -0.1) is 0 Å². The Hall–Kier alpha value is -2.42. The second-order valence-electron chi connectivity index (χ2n) is 7.13. The molecule has 7 nitrogen and oxygen atoms in total. The summed E-state index contributed by atoms with van der Waals surface area (Å²) in [4.78, 5) is 15.1. The number of carbonyl (C=O) groups excluding carboxylic acids is 1. The highest BCUT2D eigenvalue weighted by atomic mass is 32.2. The molecule has 154 valence electrons. The van der Waals surface area contributed by atoms with Gasteiger partial charge in [0.25, 0.3) is 0 Å². The average Bonchev–Trinajstić information content (AvgIpc) is 3.20. The van der Waals surface area contributed by atoms with Gasteiger partial charge in [0.1, 0.15) is 17.9 Å². The van der Waals surface area contributed by atoms with Gasteiger partial charge in [-0.2, -0.15) is 4.31 Å². The van der Waals surface area contributed by atoms with Gasteiger partial charge in [0, 0.05) is 19.5 Å². The first-order chi connectivity index (χ1) is 14.1. The number of nitrogens with zero attached hydrogens (tertiary/aromatic N) is 2. The summed E-state index contributed by atoms with van der Waals surface area (Å²) in [6, 6.07) is 16.7. The molecular formula is C21H24N2O5S. The zero-order valence-electron chi connectivity index (χ0n) is 16.0. The lowest BCUT2D eigenvalue weighted by molar-refractivity contribution is -0.138. The molecule has 1 amide bonds. The van der Waals surface area contributed by atoms with Crippen molar-refractivity contribution in [3.63, 3.8) is 0 Å².